The van der Waals surface area contributed by atoms with Crippen LogP contribution in [-0.4, -0.2) is 37.9 Å². The van der Waals surface area contributed by atoms with Crippen LogP contribution in [0.3, 0.4) is 0 Å². The second-order valence-electron chi connectivity index (χ2n) is 17.8. The third-order valence-corrected chi connectivity index (χ3v) is 11.6. The van der Waals surface area contributed by atoms with Gasteiger partial charge in [0.1, 0.15) is 6.61 Å². The maximum Gasteiger partial charge on any atom is 0.306 e. The fourth-order valence-corrected chi connectivity index (χ4v) is 7.60. The lowest BCUT2D eigenvalue weighted by Gasteiger charge is -2.18. The molecule has 0 amide bonds. The highest BCUT2D eigenvalue weighted by Gasteiger charge is 2.17. The largest absolute Gasteiger partial charge is 0.462 e. The first kappa shape index (κ1) is 58.1. The monoisotopic (exact) mass is 843 g/mol. The summed E-state index contributed by atoms with van der Waals surface area (Å²) in [6.07, 6.45) is 61.5. The second-order valence-corrected chi connectivity index (χ2v) is 17.8. The van der Waals surface area contributed by atoms with Gasteiger partial charge < -0.3 is 14.2 Å². The van der Waals surface area contributed by atoms with Gasteiger partial charge in [-0.2, -0.15) is 0 Å². The molecule has 352 valence electrons. The van der Waals surface area contributed by atoms with E-state index in [4.69, 9.17) is 14.2 Å². The van der Waals surface area contributed by atoms with Crippen molar-refractivity contribution in [3.8, 4) is 0 Å². The minimum Gasteiger partial charge on any atom is -0.462 e. The molecule has 0 N–H and O–H groups in total. The van der Waals surface area contributed by atoms with Crippen LogP contribution in [0.1, 0.15) is 278 Å². The van der Waals surface area contributed by atoms with Crippen LogP contribution in [-0.2, 0) is 23.8 Å². The maximum atomic E-state index is 12.8. The van der Waals surface area contributed by atoms with Crippen molar-refractivity contribution >= 4 is 11.9 Å². The minimum absolute atomic E-state index is 0.0818. The lowest BCUT2D eigenvalue weighted by molar-refractivity contribution is -0.163. The molecule has 0 aromatic heterocycles. The van der Waals surface area contributed by atoms with E-state index in [-0.39, 0.29) is 25.2 Å². The Bertz CT molecular complexity index is 955. The zero-order valence-corrected chi connectivity index (χ0v) is 40.5. The molecule has 0 aliphatic heterocycles. The fraction of sp³-hybridized carbons (Fsp3) is 0.855. The van der Waals surface area contributed by atoms with Gasteiger partial charge in [0.25, 0.3) is 0 Å². The van der Waals surface area contributed by atoms with Crippen LogP contribution in [0.15, 0.2) is 36.5 Å². The van der Waals surface area contributed by atoms with Gasteiger partial charge in [-0.15, -0.1) is 0 Å². The summed E-state index contributed by atoms with van der Waals surface area (Å²) in [6, 6.07) is 0. The van der Waals surface area contributed by atoms with Gasteiger partial charge in [-0.25, -0.2) is 0 Å². The van der Waals surface area contributed by atoms with Crippen LogP contribution >= 0.6 is 0 Å². The molecule has 0 heterocycles. The van der Waals surface area contributed by atoms with Gasteiger partial charge in [-0.1, -0.05) is 211 Å². The number of carbonyl (C=O) groups excluding carboxylic acids is 2. The van der Waals surface area contributed by atoms with Crippen LogP contribution < -0.4 is 0 Å². The van der Waals surface area contributed by atoms with Crippen molar-refractivity contribution in [1.29, 1.82) is 0 Å². The summed E-state index contributed by atoms with van der Waals surface area (Å²) in [6.45, 7) is 7.79. The van der Waals surface area contributed by atoms with Crippen LogP contribution in [0.5, 0.6) is 0 Å². The SMILES string of the molecule is CCCC/C=C\CCCCCCCCOCC(COC(=O)CCCCCCCCCCC/C=C\CCCCCCCC)OC(=O)CCCCCCC/C=C\CCCCCC. The Hall–Kier alpha value is -1.88. The molecule has 60 heavy (non-hydrogen) atoms. The molecule has 1 unspecified atom stereocenters. The summed E-state index contributed by atoms with van der Waals surface area (Å²) in [5.74, 6) is -0.402. The van der Waals surface area contributed by atoms with E-state index in [1.165, 1.54) is 193 Å². The van der Waals surface area contributed by atoms with E-state index >= 15 is 0 Å². The summed E-state index contributed by atoms with van der Waals surface area (Å²) in [5.41, 5.74) is 0. The predicted molar refractivity (Wildman–Crippen MR) is 261 cm³/mol. The first-order valence-electron chi connectivity index (χ1n) is 26.5. The maximum absolute atomic E-state index is 12.8. The molecular formula is C55H102O5. The lowest BCUT2D eigenvalue weighted by atomic mass is 10.1. The average molecular weight is 843 g/mol. The number of rotatable bonds is 49. The van der Waals surface area contributed by atoms with E-state index in [1.807, 2.05) is 0 Å². The fourth-order valence-electron chi connectivity index (χ4n) is 7.60. The van der Waals surface area contributed by atoms with Gasteiger partial charge in [0.05, 0.1) is 6.61 Å². The number of hydrogen-bond acceptors (Lipinski definition) is 5. The molecule has 5 heteroatoms. The highest BCUT2D eigenvalue weighted by Crippen LogP contribution is 2.15. The molecule has 0 aromatic carbocycles. The molecular weight excluding hydrogens is 741 g/mol. The Morgan fingerprint density at radius 1 is 0.350 bits per heavy atom. The number of hydrogen-bond donors (Lipinski definition) is 0. The average Bonchev–Trinajstić information content (AvgIpc) is 3.25. The number of allylic oxidation sites excluding steroid dienone is 6. The number of unbranched alkanes of at least 4 members (excludes halogenated alkanes) is 32. The Morgan fingerprint density at radius 3 is 1.08 bits per heavy atom. The predicted octanol–water partition coefficient (Wildman–Crippen LogP) is 17.8. The van der Waals surface area contributed by atoms with Crippen molar-refractivity contribution < 1.29 is 23.8 Å². The quantitative estimate of drug-likeness (QED) is 0.0347. The number of carbonyl (C=O) groups is 2. The second kappa shape index (κ2) is 51.5. The van der Waals surface area contributed by atoms with Crippen molar-refractivity contribution in [2.75, 3.05) is 19.8 Å². The first-order valence-corrected chi connectivity index (χ1v) is 26.5. The van der Waals surface area contributed by atoms with Crippen molar-refractivity contribution in [3.05, 3.63) is 36.5 Å². The van der Waals surface area contributed by atoms with Crippen molar-refractivity contribution in [1.82, 2.24) is 0 Å². The van der Waals surface area contributed by atoms with Gasteiger partial charge >= 0.3 is 11.9 Å². The molecule has 0 rings (SSSR count). The molecule has 0 saturated carbocycles. The molecule has 0 radical (unpaired) electrons. The normalized spacial score (nSPS) is 12.4. The van der Waals surface area contributed by atoms with Gasteiger partial charge in [0, 0.05) is 19.4 Å². The van der Waals surface area contributed by atoms with E-state index < -0.39 is 6.10 Å². The topological polar surface area (TPSA) is 61.8 Å². The van der Waals surface area contributed by atoms with Gasteiger partial charge in [-0.05, 0) is 89.9 Å². The molecule has 0 fully saturated rings. The van der Waals surface area contributed by atoms with E-state index in [2.05, 4.69) is 57.2 Å². The third-order valence-electron chi connectivity index (χ3n) is 11.6. The van der Waals surface area contributed by atoms with E-state index in [1.54, 1.807) is 0 Å². The van der Waals surface area contributed by atoms with Crippen LogP contribution in [0, 0.1) is 0 Å². The molecule has 0 aliphatic carbocycles. The Kier molecular flexibility index (Phi) is 49.9. The summed E-state index contributed by atoms with van der Waals surface area (Å²) in [5, 5.41) is 0. The minimum atomic E-state index is -0.540. The van der Waals surface area contributed by atoms with Gasteiger partial charge in [0.15, 0.2) is 6.10 Å². The van der Waals surface area contributed by atoms with E-state index in [0.29, 0.717) is 19.4 Å². The highest BCUT2D eigenvalue weighted by atomic mass is 16.6. The summed E-state index contributed by atoms with van der Waals surface area (Å²) in [4.78, 5) is 25.4. The Labute approximate surface area is 374 Å². The molecule has 0 spiro atoms. The first-order chi connectivity index (χ1) is 29.6. The molecule has 0 saturated heterocycles. The molecule has 0 bridgehead atoms. The number of ether oxygens (including phenoxy) is 3. The van der Waals surface area contributed by atoms with Crippen molar-refractivity contribution in [3.63, 3.8) is 0 Å². The standard InChI is InChI=1S/C55H102O5/c1-4-7-10-13-16-19-22-25-26-27-28-29-30-32-33-36-39-42-45-48-54(56)59-52-53(51-58-50-47-44-41-38-35-24-21-18-15-12-9-6-3)60-55(57)49-46-43-40-37-34-31-23-20-17-14-11-8-5-2/h15,18,20,23,25-26,53H,4-14,16-17,19,21-22,24,27-52H2,1-3H3/b18-15-,23-20-,26-25-. The zero-order valence-electron chi connectivity index (χ0n) is 40.5. The Morgan fingerprint density at radius 2 is 0.667 bits per heavy atom. The third kappa shape index (κ3) is 48.8. The van der Waals surface area contributed by atoms with Crippen molar-refractivity contribution in [2.24, 2.45) is 0 Å². The summed E-state index contributed by atoms with van der Waals surface area (Å²) < 4.78 is 17.4. The van der Waals surface area contributed by atoms with E-state index in [9.17, 15) is 9.59 Å². The summed E-state index contributed by atoms with van der Waals surface area (Å²) in [7, 11) is 0. The zero-order chi connectivity index (χ0) is 43.5. The smallest absolute Gasteiger partial charge is 0.306 e. The molecule has 5 nitrogen and oxygen atoms in total. The molecule has 0 aromatic rings. The van der Waals surface area contributed by atoms with Crippen LogP contribution in [0.2, 0.25) is 0 Å². The number of esters is 2. The molecule has 0 aliphatic rings. The van der Waals surface area contributed by atoms with Gasteiger partial charge in [-0.3, -0.25) is 9.59 Å². The van der Waals surface area contributed by atoms with Crippen LogP contribution in [0.25, 0.3) is 0 Å². The van der Waals surface area contributed by atoms with Gasteiger partial charge in [0.2, 0.25) is 0 Å². The lowest BCUT2D eigenvalue weighted by Crippen LogP contribution is -2.30. The Balaban J connectivity index is 4.20. The van der Waals surface area contributed by atoms with Crippen molar-refractivity contribution in [2.45, 2.75) is 284 Å². The molecule has 1 atom stereocenters. The van der Waals surface area contributed by atoms with Crippen LogP contribution in [0.4, 0.5) is 0 Å². The summed E-state index contributed by atoms with van der Waals surface area (Å²) >= 11 is 0. The highest BCUT2D eigenvalue weighted by molar-refractivity contribution is 5.70. The van der Waals surface area contributed by atoms with E-state index in [0.717, 1.165) is 51.4 Å².